The number of aryl methyl sites for hydroxylation is 1. The van der Waals surface area contributed by atoms with Crippen molar-refractivity contribution in [1.82, 2.24) is 19.3 Å². The summed E-state index contributed by atoms with van der Waals surface area (Å²) in [5, 5.41) is 9.05. The van der Waals surface area contributed by atoms with Crippen LogP contribution in [-0.4, -0.2) is 38.0 Å². The fourth-order valence-corrected chi connectivity index (χ4v) is 3.58. The molecule has 0 spiro atoms. The van der Waals surface area contributed by atoms with Gasteiger partial charge in [0.05, 0.1) is 12.9 Å². The number of ketones is 1. The average molecular weight is 401 g/mol. The Morgan fingerprint density at radius 1 is 1.07 bits per heavy atom. The van der Waals surface area contributed by atoms with Crippen LogP contribution in [0, 0.1) is 13.8 Å². The van der Waals surface area contributed by atoms with Gasteiger partial charge in [-0.05, 0) is 44.2 Å². The summed E-state index contributed by atoms with van der Waals surface area (Å²) in [7, 11) is 5.46. The van der Waals surface area contributed by atoms with Gasteiger partial charge in [-0.25, -0.2) is 0 Å². The van der Waals surface area contributed by atoms with E-state index in [9.17, 15) is 4.79 Å². The number of thioether (sulfide) groups is 1. The summed E-state index contributed by atoms with van der Waals surface area (Å²) in [6.07, 6.45) is 0. The number of hydrogen-bond donors (Lipinski definition) is 0. The van der Waals surface area contributed by atoms with Crippen molar-refractivity contribution >= 4 is 17.5 Å². The van der Waals surface area contributed by atoms with Crippen LogP contribution in [0.5, 0.6) is 11.5 Å². The minimum absolute atomic E-state index is 0.0882. The lowest BCUT2D eigenvalue weighted by Crippen LogP contribution is -2.07. The van der Waals surface area contributed by atoms with Crippen molar-refractivity contribution in [3.8, 4) is 11.5 Å². The molecular formula is C20H24N4O3S. The number of benzene rings is 1. The molecule has 0 radical (unpaired) electrons. The van der Waals surface area contributed by atoms with Gasteiger partial charge in [0, 0.05) is 31.0 Å². The zero-order chi connectivity index (χ0) is 20.3. The predicted molar refractivity (Wildman–Crippen MR) is 108 cm³/mol. The largest absolute Gasteiger partial charge is 0.497 e. The van der Waals surface area contributed by atoms with Gasteiger partial charge >= 0.3 is 0 Å². The first kappa shape index (κ1) is 20.0. The molecule has 0 aliphatic rings. The molecule has 148 valence electrons. The molecule has 0 saturated carbocycles. The highest BCUT2D eigenvalue weighted by atomic mass is 32.2. The second-order valence-electron chi connectivity index (χ2n) is 6.48. The molecule has 0 aliphatic carbocycles. The van der Waals surface area contributed by atoms with Gasteiger partial charge in [0.15, 0.2) is 16.8 Å². The van der Waals surface area contributed by atoms with E-state index in [-0.39, 0.29) is 5.78 Å². The van der Waals surface area contributed by atoms with Crippen molar-refractivity contribution in [1.29, 1.82) is 0 Å². The normalized spacial score (nSPS) is 10.9. The molecule has 0 fully saturated rings. The molecule has 28 heavy (non-hydrogen) atoms. The summed E-state index contributed by atoms with van der Waals surface area (Å²) >= 11 is 1.38. The lowest BCUT2D eigenvalue weighted by atomic mass is 10.2. The number of carbonyl (C=O) groups is 1. The summed E-state index contributed by atoms with van der Waals surface area (Å²) in [5.74, 6) is 2.60. The molecule has 0 bridgehead atoms. The predicted octanol–water partition coefficient (Wildman–Crippen LogP) is 3.33. The van der Waals surface area contributed by atoms with Crippen LogP contribution in [0.3, 0.4) is 0 Å². The van der Waals surface area contributed by atoms with E-state index in [1.165, 1.54) is 11.8 Å². The van der Waals surface area contributed by atoms with Crippen LogP contribution in [0.15, 0.2) is 35.5 Å². The van der Waals surface area contributed by atoms with Gasteiger partial charge in [0.1, 0.15) is 18.1 Å². The third-order valence-corrected chi connectivity index (χ3v) is 5.78. The van der Waals surface area contributed by atoms with Crippen LogP contribution in [0.1, 0.15) is 27.6 Å². The summed E-state index contributed by atoms with van der Waals surface area (Å²) in [6, 6.07) is 9.29. The van der Waals surface area contributed by atoms with E-state index in [4.69, 9.17) is 9.47 Å². The average Bonchev–Trinajstić information content (AvgIpc) is 3.19. The minimum atomic E-state index is 0.0882. The fourth-order valence-electron chi connectivity index (χ4n) is 2.76. The summed E-state index contributed by atoms with van der Waals surface area (Å²) in [4.78, 5) is 12.6. The summed E-state index contributed by atoms with van der Waals surface area (Å²) < 4.78 is 14.8. The lowest BCUT2D eigenvalue weighted by Gasteiger charge is -2.07. The van der Waals surface area contributed by atoms with Crippen molar-refractivity contribution in [2.45, 2.75) is 25.6 Å². The van der Waals surface area contributed by atoms with Gasteiger partial charge in [0.2, 0.25) is 0 Å². The molecule has 7 nitrogen and oxygen atoms in total. The SMILES string of the molecule is COc1ccc(OCc2nnc(SCC(=O)c3cc(C)n(C)c3C)n2C)cc1. The topological polar surface area (TPSA) is 71.2 Å². The van der Waals surface area contributed by atoms with Gasteiger partial charge in [-0.2, -0.15) is 0 Å². The molecule has 0 amide bonds. The smallest absolute Gasteiger partial charge is 0.191 e. The first-order chi connectivity index (χ1) is 13.4. The monoisotopic (exact) mass is 400 g/mol. The van der Waals surface area contributed by atoms with Crippen LogP contribution < -0.4 is 9.47 Å². The Morgan fingerprint density at radius 2 is 1.75 bits per heavy atom. The molecule has 0 unspecified atom stereocenters. The number of rotatable bonds is 8. The van der Waals surface area contributed by atoms with Crippen molar-refractivity contribution in [3.63, 3.8) is 0 Å². The second kappa shape index (κ2) is 8.52. The molecule has 8 heteroatoms. The maximum absolute atomic E-state index is 12.6. The number of nitrogens with zero attached hydrogens (tertiary/aromatic N) is 4. The van der Waals surface area contributed by atoms with Crippen LogP contribution >= 0.6 is 11.8 Å². The molecule has 0 saturated heterocycles. The van der Waals surface area contributed by atoms with Crippen molar-refractivity contribution < 1.29 is 14.3 Å². The maximum atomic E-state index is 12.6. The van der Waals surface area contributed by atoms with E-state index in [0.29, 0.717) is 23.3 Å². The van der Waals surface area contributed by atoms with Gasteiger partial charge in [-0.3, -0.25) is 4.79 Å². The van der Waals surface area contributed by atoms with Crippen LogP contribution in [-0.2, 0) is 20.7 Å². The van der Waals surface area contributed by atoms with E-state index < -0.39 is 0 Å². The Hall–Kier alpha value is -2.74. The maximum Gasteiger partial charge on any atom is 0.191 e. The van der Waals surface area contributed by atoms with Crippen LogP contribution in [0.2, 0.25) is 0 Å². The summed E-state index contributed by atoms with van der Waals surface area (Å²) in [6.45, 7) is 4.25. The van der Waals surface area contributed by atoms with Crippen molar-refractivity contribution in [3.05, 3.63) is 53.1 Å². The Bertz CT molecular complexity index is 976. The highest BCUT2D eigenvalue weighted by Crippen LogP contribution is 2.22. The fraction of sp³-hybridized carbons (Fsp3) is 0.350. The van der Waals surface area contributed by atoms with Gasteiger partial charge in [-0.1, -0.05) is 11.8 Å². The molecule has 2 heterocycles. The first-order valence-electron chi connectivity index (χ1n) is 8.84. The van der Waals surface area contributed by atoms with E-state index in [0.717, 1.165) is 28.5 Å². The van der Waals surface area contributed by atoms with Crippen LogP contribution in [0.4, 0.5) is 0 Å². The highest BCUT2D eigenvalue weighted by Gasteiger charge is 2.17. The molecule has 2 aromatic heterocycles. The number of Topliss-reactive ketones (excluding diaryl/α,β-unsaturated/α-hetero) is 1. The Balaban J connectivity index is 1.59. The van der Waals surface area contributed by atoms with E-state index in [2.05, 4.69) is 10.2 Å². The molecule has 3 aromatic rings. The van der Waals surface area contributed by atoms with E-state index in [1.54, 1.807) is 7.11 Å². The van der Waals surface area contributed by atoms with Gasteiger partial charge in [-0.15, -0.1) is 10.2 Å². The first-order valence-corrected chi connectivity index (χ1v) is 9.83. The molecule has 0 N–H and O–H groups in total. The zero-order valence-corrected chi connectivity index (χ0v) is 17.5. The standard InChI is InChI=1S/C20H24N4O3S/c1-13-10-17(14(2)23(13)3)18(25)12-28-20-22-21-19(24(20)4)11-27-16-8-6-15(26-5)7-9-16/h6-10H,11-12H2,1-5H3. The van der Waals surface area contributed by atoms with Gasteiger partial charge in [0.25, 0.3) is 0 Å². The second-order valence-corrected chi connectivity index (χ2v) is 7.42. The third kappa shape index (κ3) is 4.22. The van der Waals surface area contributed by atoms with E-state index in [1.807, 2.05) is 67.4 Å². The minimum Gasteiger partial charge on any atom is -0.497 e. The molecule has 0 atom stereocenters. The van der Waals surface area contributed by atoms with E-state index >= 15 is 0 Å². The summed E-state index contributed by atoms with van der Waals surface area (Å²) in [5.41, 5.74) is 2.81. The third-order valence-electron chi connectivity index (χ3n) is 4.76. The van der Waals surface area contributed by atoms with Crippen molar-refractivity contribution in [2.24, 2.45) is 14.1 Å². The number of aromatic nitrogens is 4. The Kier molecular flexibility index (Phi) is 6.08. The number of carbonyl (C=O) groups excluding carboxylic acids is 1. The number of methoxy groups -OCH3 is 1. The van der Waals surface area contributed by atoms with Crippen LogP contribution in [0.25, 0.3) is 0 Å². The van der Waals surface area contributed by atoms with Crippen molar-refractivity contribution in [2.75, 3.05) is 12.9 Å². The number of ether oxygens (including phenoxy) is 2. The molecule has 3 rings (SSSR count). The zero-order valence-electron chi connectivity index (χ0n) is 16.7. The van der Waals surface area contributed by atoms with Gasteiger partial charge < -0.3 is 18.6 Å². The lowest BCUT2D eigenvalue weighted by molar-refractivity contribution is 0.102. The molecule has 0 aliphatic heterocycles. The quantitative estimate of drug-likeness (QED) is 0.427. The Labute approximate surface area is 168 Å². The highest BCUT2D eigenvalue weighted by molar-refractivity contribution is 7.99. The Morgan fingerprint density at radius 3 is 2.36 bits per heavy atom. The number of hydrogen-bond acceptors (Lipinski definition) is 6. The molecular weight excluding hydrogens is 376 g/mol. The molecule has 1 aromatic carbocycles.